The van der Waals surface area contributed by atoms with Crippen molar-refractivity contribution in [3.63, 3.8) is 0 Å². The summed E-state index contributed by atoms with van der Waals surface area (Å²) in [6, 6.07) is 19.8. The number of allylic oxidation sites excluding steroid dienone is 1. The minimum Gasteiger partial charge on any atom is -0.299 e. The van der Waals surface area contributed by atoms with Gasteiger partial charge in [0, 0.05) is 12.1 Å². The van der Waals surface area contributed by atoms with Crippen LogP contribution in [0, 0.1) is 0 Å². The van der Waals surface area contributed by atoms with Crippen LogP contribution in [-0.2, 0) is 0 Å². The van der Waals surface area contributed by atoms with Crippen LogP contribution in [0.15, 0.2) is 66.7 Å². The zero-order valence-electron chi connectivity index (χ0n) is 13.4. The standard InChI is InChI=1S/C21H23NO/c23-21(19-12-6-2-7-13-19)16-20(18-10-4-1-5-11-18)17-22-14-8-3-9-15-22/h1-2,4-7,10-13,16H,3,8-9,14-15,17H2/b20-16-. The first kappa shape index (κ1) is 15.7. The first-order chi connectivity index (χ1) is 11.3. The van der Waals surface area contributed by atoms with E-state index in [1.165, 1.54) is 19.3 Å². The largest absolute Gasteiger partial charge is 0.299 e. The highest BCUT2D eigenvalue weighted by Gasteiger charge is 2.14. The van der Waals surface area contributed by atoms with Gasteiger partial charge in [0.05, 0.1) is 0 Å². The molecule has 0 spiro atoms. The van der Waals surface area contributed by atoms with E-state index in [9.17, 15) is 4.79 Å². The van der Waals surface area contributed by atoms with E-state index in [1.54, 1.807) is 0 Å². The Kier molecular flexibility index (Phi) is 5.38. The maximum absolute atomic E-state index is 12.6. The summed E-state index contributed by atoms with van der Waals surface area (Å²) in [6.45, 7) is 3.11. The van der Waals surface area contributed by atoms with Gasteiger partial charge in [-0.15, -0.1) is 0 Å². The summed E-state index contributed by atoms with van der Waals surface area (Å²) in [5, 5.41) is 0. The van der Waals surface area contributed by atoms with Crippen LogP contribution < -0.4 is 0 Å². The normalized spacial score (nSPS) is 16.3. The number of likely N-dealkylation sites (tertiary alicyclic amines) is 1. The quantitative estimate of drug-likeness (QED) is 0.601. The number of ketones is 1. The van der Waals surface area contributed by atoms with E-state index >= 15 is 0 Å². The summed E-state index contributed by atoms with van der Waals surface area (Å²) in [4.78, 5) is 15.0. The van der Waals surface area contributed by atoms with Gasteiger partial charge in [0.15, 0.2) is 5.78 Å². The van der Waals surface area contributed by atoms with Gasteiger partial charge in [0.25, 0.3) is 0 Å². The van der Waals surface area contributed by atoms with Crippen LogP contribution in [-0.4, -0.2) is 30.3 Å². The van der Waals surface area contributed by atoms with E-state index in [4.69, 9.17) is 0 Å². The number of benzene rings is 2. The van der Waals surface area contributed by atoms with Crippen LogP contribution in [0.1, 0.15) is 35.2 Å². The minimum atomic E-state index is 0.0847. The molecule has 2 heteroatoms. The summed E-state index contributed by atoms with van der Waals surface area (Å²) in [6.07, 6.45) is 5.66. The Balaban J connectivity index is 1.85. The van der Waals surface area contributed by atoms with Gasteiger partial charge < -0.3 is 0 Å². The predicted octanol–water partition coefficient (Wildman–Crippen LogP) is 4.44. The molecule has 0 bridgehead atoms. The van der Waals surface area contributed by atoms with Crippen molar-refractivity contribution in [2.24, 2.45) is 0 Å². The molecule has 0 aliphatic carbocycles. The van der Waals surface area contributed by atoms with Crippen molar-refractivity contribution in [2.45, 2.75) is 19.3 Å². The van der Waals surface area contributed by atoms with Crippen LogP contribution in [0.2, 0.25) is 0 Å². The maximum Gasteiger partial charge on any atom is 0.186 e. The van der Waals surface area contributed by atoms with E-state index in [1.807, 2.05) is 54.6 Å². The summed E-state index contributed by atoms with van der Waals surface area (Å²) >= 11 is 0. The second-order valence-corrected chi connectivity index (χ2v) is 6.10. The van der Waals surface area contributed by atoms with Crippen molar-refractivity contribution in [3.05, 3.63) is 77.9 Å². The molecule has 3 rings (SSSR count). The molecule has 1 fully saturated rings. The average Bonchev–Trinajstić information content (AvgIpc) is 2.63. The Hall–Kier alpha value is -2.19. The Bertz CT molecular complexity index is 655. The highest BCUT2D eigenvalue weighted by atomic mass is 16.1. The van der Waals surface area contributed by atoms with Crippen molar-refractivity contribution in [1.29, 1.82) is 0 Å². The second-order valence-electron chi connectivity index (χ2n) is 6.10. The number of piperidine rings is 1. The van der Waals surface area contributed by atoms with Crippen LogP contribution in [0.25, 0.3) is 5.57 Å². The van der Waals surface area contributed by atoms with Crippen molar-refractivity contribution < 1.29 is 4.79 Å². The fourth-order valence-corrected chi connectivity index (χ4v) is 3.07. The van der Waals surface area contributed by atoms with Crippen molar-refractivity contribution in [2.75, 3.05) is 19.6 Å². The zero-order chi connectivity index (χ0) is 15.9. The molecule has 23 heavy (non-hydrogen) atoms. The van der Waals surface area contributed by atoms with Crippen LogP contribution in [0.5, 0.6) is 0 Å². The smallest absolute Gasteiger partial charge is 0.186 e. The monoisotopic (exact) mass is 305 g/mol. The number of hydrogen-bond donors (Lipinski definition) is 0. The highest BCUT2D eigenvalue weighted by Crippen LogP contribution is 2.19. The number of hydrogen-bond acceptors (Lipinski definition) is 2. The van der Waals surface area contributed by atoms with Gasteiger partial charge in [-0.25, -0.2) is 0 Å². The van der Waals surface area contributed by atoms with E-state index in [2.05, 4.69) is 17.0 Å². The second kappa shape index (κ2) is 7.89. The molecule has 0 atom stereocenters. The lowest BCUT2D eigenvalue weighted by molar-refractivity contribution is 0.104. The molecular weight excluding hydrogens is 282 g/mol. The van der Waals surface area contributed by atoms with Crippen LogP contribution in [0.3, 0.4) is 0 Å². The van der Waals surface area contributed by atoms with Gasteiger partial charge in [-0.05, 0) is 43.1 Å². The molecule has 0 unspecified atom stereocenters. The zero-order valence-corrected chi connectivity index (χ0v) is 13.4. The molecule has 1 aliphatic heterocycles. The third-order valence-electron chi connectivity index (χ3n) is 4.35. The fraction of sp³-hybridized carbons (Fsp3) is 0.286. The summed E-state index contributed by atoms with van der Waals surface area (Å²) in [5.41, 5.74) is 3.00. The highest BCUT2D eigenvalue weighted by molar-refractivity contribution is 6.08. The Morgan fingerprint density at radius 3 is 2.00 bits per heavy atom. The molecule has 0 aromatic heterocycles. The maximum atomic E-state index is 12.6. The third kappa shape index (κ3) is 4.40. The van der Waals surface area contributed by atoms with Crippen molar-refractivity contribution in [1.82, 2.24) is 4.90 Å². The van der Waals surface area contributed by atoms with E-state index in [0.29, 0.717) is 0 Å². The predicted molar refractivity (Wildman–Crippen MR) is 95.5 cm³/mol. The molecule has 0 amide bonds. The molecule has 2 nitrogen and oxygen atoms in total. The molecule has 1 heterocycles. The van der Waals surface area contributed by atoms with Gasteiger partial charge in [0.1, 0.15) is 0 Å². The van der Waals surface area contributed by atoms with E-state index in [-0.39, 0.29) is 5.78 Å². The van der Waals surface area contributed by atoms with Crippen molar-refractivity contribution >= 4 is 11.4 Å². The molecule has 0 radical (unpaired) electrons. The molecule has 2 aromatic rings. The van der Waals surface area contributed by atoms with Crippen LogP contribution in [0.4, 0.5) is 0 Å². The number of carbonyl (C=O) groups is 1. The van der Waals surface area contributed by atoms with E-state index in [0.717, 1.165) is 36.3 Å². The first-order valence-corrected chi connectivity index (χ1v) is 8.41. The van der Waals surface area contributed by atoms with Gasteiger partial charge in [-0.2, -0.15) is 0 Å². The Labute approximate surface area is 138 Å². The number of carbonyl (C=O) groups excluding carboxylic acids is 1. The van der Waals surface area contributed by atoms with Gasteiger partial charge in [0.2, 0.25) is 0 Å². The van der Waals surface area contributed by atoms with Crippen LogP contribution >= 0.6 is 0 Å². The molecular formula is C21H23NO. The molecule has 1 saturated heterocycles. The number of nitrogens with zero attached hydrogens (tertiary/aromatic N) is 1. The summed E-state index contributed by atoms with van der Waals surface area (Å²) in [7, 11) is 0. The summed E-state index contributed by atoms with van der Waals surface area (Å²) < 4.78 is 0. The average molecular weight is 305 g/mol. The first-order valence-electron chi connectivity index (χ1n) is 8.41. The SMILES string of the molecule is O=C(/C=C(/CN1CCCCC1)c1ccccc1)c1ccccc1. The topological polar surface area (TPSA) is 20.3 Å². The van der Waals surface area contributed by atoms with Gasteiger partial charge >= 0.3 is 0 Å². The molecule has 2 aromatic carbocycles. The Morgan fingerprint density at radius 2 is 1.39 bits per heavy atom. The molecule has 0 saturated carbocycles. The lowest BCUT2D eigenvalue weighted by Gasteiger charge is -2.27. The number of rotatable bonds is 5. The van der Waals surface area contributed by atoms with Crippen molar-refractivity contribution in [3.8, 4) is 0 Å². The lowest BCUT2D eigenvalue weighted by Crippen LogP contribution is -2.31. The minimum absolute atomic E-state index is 0.0847. The third-order valence-corrected chi connectivity index (χ3v) is 4.35. The molecule has 1 aliphatic rings. The summed E-state index contributed by atoms with van der Waals surface area (Å²) in [5.74, 6) is 0.0847. The van der Waals surface area contributed by atoms with E-state index < -0.39 is 0 Å². The van der Waals surface area contributed by atoms with Gasteiger partial charge in [-0.3, -0.25) is 9.69 Å². The lowest BCUT2D eigenvalue weighted by atomic mass is 10.0. The molecule has 118 valence electrons. The molecule has 0 N–H and O–H groups in total. The fourth-order valence-electron chi connectivity index (χ4n) is 3.07. The Morgan fingerprint density at radius 1 is 0.826 bits per heavy atom. The van der Waals surface area contributed by atoms with Gasteiger partial charge in [-0.1, -0.05) is 67.1 Å².